The van der Waals surface area contributed by atoms with Crippen molar-refractivity contribution in [3.05, 3.63) is 200 Å². The number of fused-ring (bicyclic) bond motifs is 8. The fourth-order valence-corrected chi connectivity index (χ4v) is 15.9. The van der Waals surface area contributed by atoms with Crippen LogP contribution >= 0.6 is 23.2 Å². The molecule has 5 aliphatic heterocycles. The molecule has 0 spiro atoms. The van der Waals surface area contributed by atoms with E-state index in [1.807, 2.05) is 12.1 Å². The number of carboxylic acids is 2. The van der Waals surface area contributed by atoms with E-state index in [4.69, 9.17) is 28.0 Å². The molecular weight excluding hydrogens is 1160 g/mol. The molecule has 6 aromatic rings. The van der Waals surface area contributed by atoms with Crippen LogP contribution < -0.4 is 50.3 Å². The van der Waals surface area contributed by atoms with Crippen LogP contribution in [0.1, 0.15) is 193 Å². The maximum Gasteiger partial charge on any atom is 0.333 e. The van der Waals surface area contributed by atoms with E-state index in [1.54, 1.807) is 18.2 Å². The van der Waals surface area contributed by atoms with Crippen molar-refractivity contribution in [2.45, 2.75) is 141 Å². The molecule has 0 aromatic heterocycles. The molecule has 1 unspecified atom stereocenters. The van der Waals surface area contributed by atoms with Crippen molar-refractivity contribution in [3.63, 3.8) is 0 Å². The Morgan fingerprint density at radius 2 is 1.22 bits per heavy atom. The van der Waals surface area contributed by atoms with Gasteiger partial charge in [0, 0.05) is 125 Å². The number of carboxylic acid groups (broad SMARTS) is 2. The lowest BCUT2D eigenvalue weighted by atomic mass is 9.64. The smallest absolute Gasteiger partial charge is 0.333 e. The van der Waals surface area contributed by atoms with Gasteiger partial charge in [0.2, 0.25) is 10.7 Å². The third kappa shape index (κ3) is 10.6. The summed E-state index contributed by atoms with van der Waals surface area (Å²) in [6.45, 7) is 16.4. The van der Waals surface area contributed by atoms with Gasteiger partial charge in [-0.3, -0.25) is 9.59 Å². The van der Waals surface area contributed by atoms with Crippen molar-refractivity contribution >= 4 is 81.0 Å². The number of carbonyl (C=O) groups is 5. The zero-order valence-corrected chi connectivity index (χ0v) is 54.2. The number of likely N-dealkylation sites (N-methyl/N-ethyl adjacent to an activating group) is 1. The lowest BCUT2D eigenvalue weighted by Gasteiger charge is -2.43. The number of aromatic carboxylic acids is 2. The Morgan fingerprint density at radius 3 is 1.89 bits per heavy atom. The third-order valence-corrected chi connectivity index (χ3v) is 21.0. The second-order valence-electron chi connectivity index (χ2n) is 26.8. The lowest BCUT2D eigenvalue weighted by molar-refractivity contribution is -0.256. The standard InChI is InChI=1S/C40H43N3O6.C34H34Cl2N2O2/c1-40(18-8-4-5-15-37(46)49-43-35(44)16-17-36(43)45)31-23-33-25(11-9-19-41(33)2)21-29(31)38(27-13-6-7-14-28(27)39(47)48)30-22-26-12-10-20-42(3)34(26)24-32(30)40;1-18-17-33(2,3)38(7)28-16-24-22(14-20(18)28)29(30-25(35)10-11-26(36)31(30)32(39)40)21-13-19-9-8-12-37(6)27(19)15-23(21)34(24,4)5/h6-7,13-14,21-24H,4-5,8-12,15-20H2,1-3H3;10-11,13-17H,8-9,12H2,1-7H3. The molecule has 0 bridgehead atoms. The van der Waals surface area contributed by atoms with E-state index in [-0.39, 0.29) is 46.4 Å². The Balaban J connectivity index is 0.000000176. The number of imide groups is 1. The predicted molar refractivity (Wildman–Crippen MR) is 346 cm³/mol. The molecule has 1 fully saturated rings. The van der Waals surface area contributed by atoms with E-state index >= 15 is 0 Å². The maximum absolute atomic E-state index is 12.6. The van der Waals surface area contributed by atoms with Crippen molar-refractivity contribution in [1.82, 2.24) is 14.2 Å². The fourth-order valence-electron chi connectivity index (χ4n) is 15.4. The zero-order chi connectivity index (χ0) is 63.3. The summed E-state index contributed by atoms with van der Waals surface area (Å²) < 4.78 is 4.65. The van der Waals surface area contributed by atoms with Crippen molar-refractivity contribution in [2.24, 2.45) is 0 Å². The normalized spacial score (nSPS) is 19.1. The van der Waals surface area contributed by atoms with Gasteiger partial charge in [0.25, 0.3) is 11.8 Å². The molecule has 13 nitrogen and oxygen atoms in total. The summed E-state index contributed by atoms with van der Waals surface area (Å²) in [4.78, 5) is 71.1. The Hall–Kier alpha value is -7.87. The third-order valence-electron chi connectivity index (χ3n) is 20.4. The van der Waals surface area contributed by atoms with Gasteiger partial charge in [-0.1, -0.05) is 87.2 Å². The Kier molecular flexibility index (Phi) is 16.0. The van der Waals surface area contributed by atoms with Gasteiger partial charge in [0.15, 0.2) is 0 Å². The SMILES string of the molecule is CC1=CC(C)(C)N(C)c2cc3c(cc21)C(c1c(Cl)ccc(Cl)c1C(=O)[O-])=c1cc2c(cc1C3(C)C)=[N+](C)CCC2.CN1CCCc2cc3c(cc21)C(C)(CCCCCC(=O)ON1C(=O)CCC1=O)c1cc2c(cc1=C3c1ccccc1C(=O)[O-])CCC[N+]=2C. The first kappa shape index (κ1) is 61.4. The summed E-state index contributed by atoms with van der Waals surface area (Å²) >= 11 is 13.4. The molecule has 1 saturated heterocycles. The molecule has 0 radical (unpaired) electrons. The van der Waals surface area contributed by atoms with E-state index in [0.717, 1.165) is 133 Å². The molecule has 7 aliphatic rings. The zero-order valence-electron chi connectivity index (χ0n) is 52.7. The number of hydrogen-bond donors (Lipinski definition) is 0. The number of benzene rings is 6. The number of hydrogen-bond acceptors (Lipinski definition) is 10. The molecule has 2 aliphatic carbocycles. The van der Waals surface area contributed by atoms with Crippen LogP contribution in [0.15, 0.2) is 91.0 Å². The summed E-state index contributed by atoms with van der Waals surface area (Å²) in [6.07, 6.45) is 11.6. The van der Waals surface area contributed by atoms with Gasteiger partial charge in [0.1, 0.15) is 27.2 Å². The van der Waals surface area contributed by atoms with E-state index in [1.165, 1.54) is 55.9 Å². The van der Waals surface area contributed by atoms with Gasteiger partial charge in [0.05, 0.1) is 22.5 Å². The fraction of sp³-hybridized carbons (Fsp3) is 0.392. The van der Waals surface area contributed by atoms with E-state index < -0.39 is 35.1 Å². The van der Waals surface area contributed by atoms with Crippen LogP contribution in [0.2, 0.25) is 10.0 Å². The number of unbranched alkanes of at least 4 members (excludes halogenated alkanes) is 2. The summed E-state index contributed by atoms with van der Waals surface area (Å²) in [6, 6.07) is 28.8. The Labute approximate surface area is 530 Å². The Morgan fingerprint density at radius 1 is 0.618 bits per heavy atom. The quantitative estimate of drug-likeness (QED) is 0.0711. The van der Waals surface area contributed by atoms with E-state index in [2.05, 4.69) is 143 Å². The van der Waals surface area contributed by atoms with Crippen LogP contribution in [0.25, 0.3) is 16.7 Å². The first-order chi connectivity index (χ1) is 42.3. The molecular formula is C74H77Cl2N5O8. The van der Waals surface area contributed by atoms with Crippen LogP contribution in [-0.4, -0.2) is 88.1 Å². The number of anilines is 2. The molecule has 0 N–H and O–H groups in total. The van der Waals surface area contributed by atoms with Gasteiger partial charge in [-0.2, -0.15) is 0 Å². The second-order valence-corrected chi connectivity index (χ2v) is 27.6. The van der Waals surface area contributed by atoms with Crippen LogP contribution in [0, 0.1) is 0 Å². The van der Waals surface area contributed by atoms with E-state index in [9.17, 15) is 34.2 Å². The molecule has 2 amide bonds. The van der Waals surface area contributed by atoms with E-state index in [0.29, 0.717) is 27.6 Å². The number of nitrogens with zero attached hydrogens (tertiary/aromatic N) is 5. The highest BCUT2D eigenvalue weighted by molar-refractivity contribution is 6.37. The van der Waals surface area contributed by atoms with Gasteiger partial charge in [-0.15, -0.1) is 5.06 Å². The largest absolute Gasteiger partial charge is 0.545 e. The number of carbonyl (C=O) groups excluding carboxylic acids is 5. The monoisotopic (exact) mass is 1230 g/mol. The number of halogens is 2. The first-order valence-electron chi connectivity index (χ1n) is 31.4. The molecule has 6 aromatic carbocycles. The molecule has 1 atom stereocenters. The highest BCUT2D eigenvalue weighted by atomic mass is 35.5. The highest BCUT2D eigenvalue weighted by Crippen LogP contribution is 2.50. The maximum atomic E-state index is 12.6. The molecule has 13 rings (SSSR count). The number of rotatable bonds is 11. The predicted octanol–water partition coefficient (Wildman–Crippen LogP) is 7.87. The number of hydroxylamine groups is 2. The van der Waals surface area contributed by atoms with Crippen molar-refractivity contribution in [2.75, 3.05) is 57.6 Å². The summed E-state index contributed by atoms with van der Waals surface area (Å²) in [5.41, 5.74) is 17.2. The summed E-state index contributed by atoms with van der Waals surface area (Å²) in [7, 11) is 8.56. The minimum Gasteiger partial charge on any atom is -0.545 e. The molecule has 89 heavy (non-hydrogen) atoms. The van der Waals surface area contributed by atoms with Crippen molar-refractivity contribution in [1.29, 1.82) is 0 Å². The van der Waals surface area contributed by atoms with Crippen molar-refractivity contribution < 1.29 is 39.0 Å². The minimum absolute atomic E-state index is 0.0705. The van der Waals surface area contributed by atoms with Crippen LogP contribution in [-0.2, 0) is 49.3 Å². The number of aryl methyl sites for hydroxylation is 3. The minimum atomic E-state index is -1.34. The topological polar surface area (TPSA) is 156 Å². The summed E-state index contributed by atoms with van der Waals surface area (Å²) in [5.74, 6) is -4.04. The average molecular weight is 1240 g/mol. The van der Waals surface area contributed by atoms with Crippen molar-refractivity contribution in [3.8, 4) is 0 Å². The van der Waals surface area contributed by atoms with Crippen LogP contribution in [0.5, 0.6) is 0 Å². The van der Waals surface area contributed by atoms with Gasteiger partial charge in [-0.05, 0) is 179 Å². The van der Waals surface area contributed by atoms with Crippen LogP contribution in [0.3, 0.4) is 0 Å². The molecule has 0 saturated carbocycles. The summed E-state index contributed by atoms with van der Waals surface area (Å²) in [5, 5.41) is 30.7. The molecule has 15 heteroatoms. The van der Waals surface area contributed by atoms with Gasteiger partial charge < -0.3 is 34.4 Å². The van der Waals surface area contributed by atoms with Gasteiger partial charge >= 0.3 is 5.97 Å². The number of allylic oxidation sites excluding steroid dienone is 1. The van der Waals surface area contributed by atoms with Crippen LogP contribution in [0.4, 0.5) is 11.4 Å². The molecule has 5 heterocycles. The number of amides is 2. The first-order valence-corrected chi connectivity index (χ1v) is 32.2. The second kappa shape index (κ2) is 23.2. The highest BCUT2D eigenvalue weighted by Gasteiger charge is 2.42. The average Bonchev–Trinajstić information content (AvgIpc) is 0.921. The lowest BCUT2D eigenvalue weighted by Crippen LogP contribution is -2.44. The molecule has 460 valence electrons. The Bertz CT molecular complexity index is 4390. The van der Waals surface area contributed by atoms with Gasteiger partial charge in [-0.25, -0.2) is 13.9 Å².